The van der Waals surface area contributed by atoms with Gasteiger partial charge >= 0.3 is 6.18 Å². The van der Waals surface area contributed by atoms with Crippen LogP contribution in [0.2, 0.25) is 0 Å². The van der Waals surface area contributed by atoms with Crippen LogP contribution in [0.25, 0.3) is 0 Å². The van der Waals surface area contributed by atoms with Gasteiger partial charge in [0, 0.05) is 18.9 Å². The maximum Gasteiger partial charge on any atom is 0.411 e. The van der Waals surface area contributed by atoms with Crippen LogP contribution in [0, 0.1) is 0 Å². The van der Waals surface area contributed by atoms with Crippen molar-refractivity contribution in [1.29, 1.82) is 0 Å². The molecular formula is C8H10F3NO. The van der Waals surface area contributed by atoms with Gasteiger partial charge in [-0.15, -0.1) is 0 Å². The van der Waals surface area contributed by atoms with Crippen LogP contribution in [0.15, 0.2) is 24.5 Å². The second-order valence-electron chi connectivity index (χ2n) is 2.59. The first-order chi connectivity index (χ1) is 6.08. The van der Waals surface area contributed by atoms with Crippen molar-refractivity contribution in [3.05, 3.63) is 24.5 Å². The van der Waals surface area contributed by atoms with Gasteiger partial charge in [-0.3, -0.25) is 0 Å². The summed E-state index contributed by atoms with van der Waals surface area (Å²) in [7, 11) is 0. The zero-order valence-corrected chi connectivity index (χ0v) is 6.92. The lowest BCUT2D eigenvalue weighted by Gasteiger charge is -2.07. The minimum Gasteiger partial charge on any atom is -0.370 e. The molecule has 1 rings (SSSR count). The second kappa shape index (κ2) is 4.32. The van der Waals surface area contributed by atoms with Gasteiger partial charge in [-0.1, -0.05) is 0 Å². The SMILES string of the molecule is FC(F)(F)COCCn1cccc1. The summed E-state index contributed by atoms with van der Waals surface area (Å²) in [5.74, 6) is 0. The van der Waals surface area contributed by atoms with Crippen LogP contribution in [-0.2, 0) is 11.3 Å². The van der Waals surface area contributed by atoms with E-state index in [9.17, 15) is 13.2 Å². The van der Waals surface area contributed by atoms with Crippen molar-refractivity contribution in [2.45, 2.75) is 12.7 Å². The minimum absolute atomic E-state index is 0.0776. The van der Waals surface area contributed by atoms with Crippen LogP contribution < -0.4 is 0 Å². The van der Waals surface area contributed by atoms with Crippen molar-refractivity contribution in [1.82, 2.24) is 4.57 Å². The summed E-state index contributed by atoms with van der Waals surface area (Å²) in [6, 6.07) is 3.62. The fraction of sp³-hybridized carbons (Fsp3) is 0.500. The normalized spacial score (nSPS) is 11.9. The molecule has 0 N–H and O–H groups in total. The molecule has 1 heterocycles. The largest absolute Gasteiger partial charge is 0.411 e. The Kier molecular flexibility index (Phi) is 3.36. The van der Waals surface area contributed by atoms with Gasteiger partial charge in [0.25, 0.3) is 0 Å². The summed E-state index contributed by atoms with van der Waals surface area (Å²) in [5.41, 5.74) is 0. The average molecular weight is 193 g/mol. The number of halogens is 3. The van der Waals surface area contributed by atoms with Gasteiger partial charge in [0.2, 0.25) is 0 Å². The Labute approximate surface area is 73.9 Å². The molecule has 0 saturated carbocycles. The summed E-state index contributed by atoms with van der Waals surface area (Å²) >= 11 is 0. The van der Waals surface area contributed by atoms with Crippen LogP contribution in [0.4, 0.5) is 13.2 Å². The van der Waals surface area contributed by atoms with Gasteiger partial charge < -0.3 is 9.30 Å². The van der Waals surface area contributed by atoms with Gasteiger partial charge in [0.15, 0.2) is 0 Å². The van der Waals surface area contributed by atoms with Gasteiger partial charge in [0.1, 0.15) is 6.61 Å². The zero-order valence-electron chi connectivity index (χ0n) is 6.92. The van der Waals surface area contributed by atoms with Crippen LogP contribution in [0.3, 0.4) is 0 Å². The first kappa shape index (κ1) is 10.1. The third-order valence-corrected chi connectivity index (χ3v) is 1.43. The smallest absolute Gasteiger partial charge is 0.370 e. The molecule has 0 atom stereocenters. The van der Waals surface area contributed by atoms with Crippen molar-refractivity contribution in [3.63, 3.8) is 0 Å². The Bertz CT molecular complexity index is 230. The maximum absolute atomic E-state index is 11.6. The van der Waals surface area contributed by atoms with E-state index in [2.05, 4.69) is 4.74 Å². The summed E-state index contributed by atoms with van der Waals surface area (Å²) in [6.07, 6.45) is -0.676. The third kappa shape index (κ3) is 4.57. The van der Waals surface area contributed by atoms with Crippen molar-refractivity contribution >= 4 is 0 Å². The molecule has 0 unspecified atom stereocenters. The van der Waals surface area contributed by atoms with Crippen LogP contribution in [0.5, 0.6) is 0 Å². The van der Waals surface area contributed by atoms with Gasteiger partial charge in [-0.05, 0) is 12.1 Å². The van der Waals surface area contributed by atoms with E-state index >= 15 is 0 Å². The Balaban J connectivity index is 2.09. The van der Waals surface area contributed by atoms with Crippen molar-refractivity contribution in [2.24, 2.45) is 0 Å². The van der Waals surface area contributed by atoms with E-state index in [1.54, 1.807) is 17.0 Å². The molecule has 0 aliphatic heterocycles. The lowest BCUT2D eigenvalue weighted by Crippen LogP contribution is -2.18. The van der Waals surface area contributed by atoms with Gasteiger partial charge in [0.05, 0.1) is 6.61 Å². The van der Waals surface area contributed by atoms with Gasteiger partial charge in [-0.25, -0.2) is 0 Å². The summed E-state index contributed by atoms with van der Waals surface area (Å²) < 4.78 is 41.0. The monoisotopic (exact) mass is 193 g/mol. The first-order valence-corrected chi connectivity index (χ1v) is 3.83. The lowest BCUT2D eigenvalue weighted by atomic mass is 10.6. The molecule has 74 valence electrons. The average Bonchev–Trinajstić information content (AvgIpc) is 2.48. The molecule has 0 spiro atoms. The molecule has 0 fully saturated rings. The Morgan fingerprint density at radius 3 is 2.31 bits per heavy atom. The van der Waals surface area contributed by atoms with E-state index in [0.29, 0.717) is 6.54 Å². The second-order valence-corrected chi connectivity index (χ2v) is 2.59. The molecular weight excluding hydrogens is 183 g/mol. The van der Waals surface area contributed by atoms with E-state index in [1.807, 2.05) is 12.1 Å². The Morgan fingerprint density at radius 2 is 1.77 bits per heavy atom. The van der Waals surface area contributed by atoms with E-state index in [1.165, 1.54) is 0 Å². The number of alkyl halides is 3. The Hall–Kier alpha value is -0.970. The molecule has 1 aromatic rings. The van der Waals surface area contributed by atoms with Crippen LogP contribution >= 0.6 is 0 Å². The Morgan fingerprint density at radius 1 is 1.15 bits per heavy atom. The van der Waals surface area contributed by atoms with Gasteiger partial charge in [-0.2, -0.15) is 13.2 Å². The molecule has 0 bridgehead atoms. The molecule has 0 amide bonds. The molecule has 0 aliphatic rings. The molecule has 0 aliphatic carbocycles. The summed E-state index contributed by atoms with van der Waals surface area (Å²) in [4.78, 5) is 0. The molecule has 13 heavy (non-hydrogen) atoms. The molecule has 2 nitrogen and oxygen atoms in total. The van der Waals surface area contributed by atoms with Crippen LogP contribution in [0.1, 0.15) is 0 Å². The highest BCUT2D eigenvalue weighted by molar-refractivity contribution is 4.89. The number of aromatic nitrogens is 1. The standard InChI is InChI=1S/C8H10F3NO/c9-8(10,11)7-13-6-5-12-3-1-2-4-12/h1-4H,5-7H2. The number of nitrogens with zero attached hydrogens (tertiary/aromatic N) is 1. The fourth-order valence-corrected chi connectivity index (χ4v) is 0.877. The third-order valence-electron chi connectivity index (χ3n) is 1.43. The fourth-order valence-electron chi connectivity index (χ4n) is 0.877. The zero-order chi connectivity index (χ0) is 9.73. The molecule has 1 aromatic heterocycles. The summed E-state index contributed by atoms with van der Waals surface area (Å²) in [5, 5.41) is 0. The highest BCUT2D eigenvalue weighted by Crippen LogP contribution is 2.14. The van der Waals surface area contributed by atoms with E-state index in [-0.39, 0.29) is 6.61 Å². The molecule has 0 radical (unpaired) electrons. The number of ether oxygens (including phenoxy) is 1. The van der Waals surface area contributed by atoms with Crippen molar-refractivity contribution < 1.29 is 17.9 Å². The van der Waals surface area contributed by atoms with Crippen molar-refractivity contribution in [3.8, 4) is 0 Å². The molecule has 0 saturated heterocycles. The van der Waals surface area contributed by atoms with Crippen molar-refractivity contribution in [2.75, 3.05) is 13.2 Å². The predicted molar refractivity (Wildman–Crippen MR) is 41.3 cm³/mol. The number of hydrogen-bond donors (Lipinski definition) is 0. The number of rotatable bonds is 4. The quantitative estimate of drug-likeness (QED) is 0.667. The summed E-state index contributed by atoms with van der Waals surface area (Å²) in [6.45, 7) is -0.647. The van der Waals surface area contributed by atoms with Crippen LogP contribution in [-0.4, -0.2) is 24.0 Å². The minimum atomic E-state index is -4.23. The highest BCUT2D eigenvalue weighted by atomic mass is 19.4. The lowest BCUT2D eigenvalue weighted by molar-refractivity contribution is -0.174. The molecule has 0 aromatic carbocycles. The topological polar surface area (TPSA) is 14.2 Å². The highest BCUT2D eigenvalue weighted by Gasteiger charge is 2.27. The predicted octanol–water partition coefficient (Wildman–Crippen LogP) is 2.07. The van der Waals surface area contributed by atoms with E-state index < -0.39 is 12.8 Å². The first-order valence-electron chi connectivity index (χ1n) is 3.83. The van der Waals surface area contributed by atoms with E-state index in [0.717, 1.165) is 0 Å². The molecule has 5 heteroatoms. The van der Waals surface area contributed by atoms with E-state index in [4.69, 9.17) is 0 Å². The number of hydrogen-bond acceptors (Lipinski definition) is 1. The maximum atomic E-state index is 11.6.